The number of alkyl halides is 3. The molecule has 0 saturated carbocycles. The molecule has 13 heteroatoms. The van der Waals surface area contributed by atoms with Gasteiger partial charge < -0.3 is 19.9 Å². The fourth-order valence-corrected chi connectivity index (χ4v) is 6.47. The lowest BCUT2D eigenvalue weighted by Gasteiger charge is -2.34. The number of carbonyl (C=O) groups excluding carboxylic acids is 2. The molecule has 0 radical (unpaired) electrons. The summed E-state index contributed by atoms with van der Waals surface area (Å²) in [6, 6.07) is 6.15. The third kappa shape index (κ3) is 7.00. The highest BCUT2D eigenvalue weighted by atomic mass is 19.4. The van der Waals surface area contributed by atoms with E-state index in [-0.39, 0.29) is 42.8 Å². The highest BCUT2D eigenvalue weighted by Gasteiger charge is 2.35. The van der Waals surface area contributed by atoms with Crippen molar-refractivity contribution in [2.45, 2.75) is 64.7 Å². The Balaban J connectivity index is 1.17. The number of amides is 2. The summed E-state index contributed by atoms with van der Waals surface area (Å²) < 4.78 is 48.7. The van der Waals surface area contributed by atoms with Crippen molar-refractivity contribution in [2.24, 2.45) is 0 Å². The van der Waals surface area contributed by atoms with Gasteiger partial charge in [-0.15, -0.1) is 0 Å². The number of carbonyl (C=O) groups is 2. The van der Waals surface area contributed by atoms with Crippen molar-refractivity contribution >= 4 is 17.6 Å². The summed E-state index contributed by atoms with van der Waals surface area (Å²) in [7, 11) is 0. The number of benzene rings is 1. The molecule has 1 N–H and O–H groups in total. The number of hydrogen-bond acceptors (Lipinski definition) is 8. The zero-order valence-corrected chi connectivity index (χ0v) is 26.1. The smallest absolute Gasteiger partial charge is 0.416 e. The van der Waals surface area contributed by atoms with Gasteiger partial charge in [0.1, 0.15) is 17.9 Å². The molecule has 1 unspecified atom stereocenters. The number of fused-ring (bicyclic) bond motifs is 2. The van der Waals surface area contributed by atoms with E-state index in [0.717, 1.165) is 56.5 Å². The van der Waals surface area contributed by atoms with Crippen molar-refractivity contribution in [3.8, 4) is 11.6 Å². The molecule has 3 aliphatic heterocycles. The molecule has 1 aromatic carbocycles. The minimum atomic E-state index is -4.52. The lowest BCUT2D eigenvalue weighted by Crippen LogP contribution is -2.45. The Morgan fingerprint density at radius 3 is 2.57 bits per heavy atom. The maximum atomic E-state index is 14.2. The third-order valence-electron chi connectivity index (χ3n) is 9.13. The maximum absolute atomic E-state index is 14.2. The van der Waals surface area contributed by atoms with Gasteiger partial charge in [0.25, 0.3) is 0 Å². The van der Waals surface area contributed by atoms with E-state index in [0.29, 0.717) is 48.0 Å². The van der Waals surface area contributed by atoms with Gasteiger partial charge in [-0.05, 0) is 48.2 Å². The number of likely N-dealkylation sites (N-methyl/N-ethyl adjacent to an activating group) is 1. The molecule has 6 rings (SSSR count). The molecule has 1 fully saturated rings. The van der Waals surface area contributed by atoms with Crippen LogP contribution in [-0.2, 0) is 41.7 Å². The maximum Gasteiger partial charge on any atom is 0.416 e. The molecular weight excluding hydrogens is 599 g/mol. The summed E-state index contributed by atoms with van der Waals surface area (Å²) in [6.07, 6.45) is -0.216. The molecular formula is C33H38F3N7O3. The van der Waals surface area contributed by atoms with Crippen molar-refractivity contribution in [3.63, 3.8) is 0 Å². The van der Waals surface area contributed by atoms with Gasteiger partial charge in [0.05, 0.1) is 29.4 Å². The van der Waals surface area contributed by atoms with Crippen LogP contribution in [0.1, 0.15) is 66.1 Å². The van der Waals surface area contributed by atoms with Gasteiger partial charge in [-0.3, -0.25) is 19.5 Å². The topological polar surface area (TPSA) is 104 Å². The molecule has 0 spiro atoms. The summed E-state index contributed by atoms with van der Waals surface area (Å²) in [5.74, 6) is 0.802. The van der Waals surface area contributed by atoms with Gasteiger partial charge in [-0.2, -0.15) is 13.2 Å². The first-order valence-corrected chi connectivity index (χ1v) is 15.8. The van der Waals surface area contributed by atoms with Crippen LogP contribution >= 0.6 is 0 Å². The molecule has 244 valence electrons. The SMILES string of the molecule is CCC1CN(C(=O)Cc2ccc(CN3CCN(CC)CC3)c(C(F)(F)F)c2)Cc2cc(Oc3ncnc4c3CCC(=O)N4)cnc21. The first-order chi connectivity index (χ1) is 22.1. The van der Waals surface area contributed by atoms with E-state index in [1.807, 2.05) is 13.0 Å². The van der Waals surface area contributed by atoms with Crippen molar-refractivity contribution in [1.29, 1.82) is 0 Å². The van der Waals surface area contributed by atoms with Crippen LogP contribution in [0.25, 0.3) is 0 Å². The minimum absolute atomic E-state index is 0.0231. The van der Waals surface area contributed by atoms with Gasteiger partial charge in [0.15, 0.2) is 0 Å². The second kappa shape index (κ2) is 13.3. The van der Waals surface area contributed by atoms with Gasteiger partial charge in [-0.25, -0.2) is 9.97 Å². The zero-order chi connectivity index (χ0) is 32.4. The number of hydrogen-bond donors (Lipinski definition) is 1. The normalized spacial score (nSPS) is 18.9. The number of rotatable bonds is 8. The molecule has 0 bridgehead atoms. The number of anilines is 1. The molecule has 2 amide bonds. The summed E-state index contributed by atoms with van der Waals surface area (Å²) >= 11 is 0. The van der Waals surface area contributed by atoms with Crippen molar-refractivity contribution in [2.75, 3.05) is 44.6 Å². The number of nitrogens with one attached hydrogen (secondary N) is 1. The monoisotopic (exact) mass is 637 g/mol. The highest BCUT2D eigenvalue weighted by molar-refractivity contribution is 5.93. The lowest BCUT2D eigenvalue weighted by atomic mass is 9.92. The molecule has 46 heavy (non-hydrogen) atoms. The quantitative estimate of drug-likeness (QED) is 0.377. The summed E-state index contributed by atoms with van der Waals surface area (Å²) in [6.45, 7) is 9.09. The Bertz CT molecular complexity index is 1610. The van der Waals surface area contributed by atoms with E-state index in [9.17, 15) is 22.8 Å². The second-order valence-corrected chi connectivity index (χ2v) is 12.1. The Labute approximate surface area is 266 Å². The zero-order valence-electron chi connectivity index (χ0n) is 26.1. The van der Waals surface area contributed by atoms with Gasteiger partial charge in [0, 0.05) is 58.2 Å². The molecule has 1 atom stereocenters. The fourth-order valence-electron chi connectivity index (χ4n) is 6.47. The Morgan fingerprint density at radius 2 is 1.83 bits per heavy atom. The van der Waals surface area contributed by atoms with Gasteiger partial charge in [0.2, 0.25) is 17.7 Å². The van der Waals surface area contributed by atoms with Crippen LogP contribution in [0.15, 0.2) is 36.8 Å². The summed E-state index contributed by atoms with van der Waals surface area (Å²) in [4.78, 5) is 44.4. The van der Waals surface area contributed by atoms with E-state index in [1.165, 1.54) is 12.4 Å². The van der Waals surface area contributed by atoms with E-state index in [1.54, 1.807) is 17.2 Å². The van der Waals surface area contributed by atoms with Crippen LogP contribution in [0.3, 0.4) is 0 Å². The van der Waals surface area contributed by atoms with Crippen molar-refractivity contribution in [1.82, 2.24) is 29.7 Å². The average molecular weight is 638 g/mol. The standard InChI is InChI=1S/C33H38F3N7O3/c1-3-22-18-43(19-24-15-25(16-37-30(22)24)46-32-26-7-8-28(44)40-31(26)38-20-39-32)29(45)14-21-5-6-23(27(13-21)33(34,35)36)17-42-11-9-41(4-2)10-12-42/h5-6,13,15-16,20,22H,3-4,7-12,14,17-19H2,1-2H3,(H,38,39,40,44). The van der Waals surface area contributed by atoms with Crippen molar-refractivity contribution in [3.05, 3.63) is 70.3 Å². The average Bonchev–Trinajstić information content (AvgIpc) is 3.04. The van der Waals surface area contributed by atoms with Crippen LogP contribution in [0.4, 0.5) is 19.0 Å². The highest BCUT2D eigenvalue weighted by Crippen LogP contribution is 2.36. The Morgan fingerprint density at radius 1 is 1.04 bits per heavy atom. The van der Waals surface area contributed by atoms with Gasteiger partial charge in [-0.1, -0.05) is 26.0 Å². The number of halogens is 3. The molecule has 2 aromatic heterocycles. The predicted octanol–water partition coefficient (Wildman–Crippen LogP) is 4.78. The van der Waals surface area contributed by atoms with Gasteiger partial charge >= 0.3 is 6.18 Å². The fraction of sp³-hybridized carbons (Fsp3) is 0.485. The van der Waals surface area contributed by atoms with Crippen LogP contribution in [0.2, 0.25) is 0 Å². The van der Waals surface area contributed by atoms with E-state index in [2.05, 4.69) is 37.0 Å². The number of pyridine rings is 1. The Hall–Kier alpha value is -4.10. The number of nitrogens with zero attached hydrogens (tertiary/aromatic N) is 6. The van der Waals surface area contributed by atoms with Crippen LogP contribution < -0.4 is 10.1 Å². The third-order valence-corrected chi connectivity index (χ3v) is 9.13. The minimum Gasteiger partial charge on any atom is -0.437 e. The van der Waals surface area contributed by atoms with E-state index >= 15 is 0 Å². The summed E-state index contributed by atoms with van der Waals surface area (Å²) in [5.41, 5.74) is 2.29. The molecule has 5 heterocycles. The first kappa shape index (κ1) is 31.9. The molecule has 1 saturated heterocycles. The molecule has 0 aliphatic carbocycles. The van der Waals surface area contributed by atoms with Crippen LogP contribution in [-0.4, -0.2) is 80.7 Å². The van der Waals surface area contributed by atoms with Crippen LogP contribution in [0.5, 0.6) is 11.6 Å². The molecule has 10 nitrogen and oxygen atoms in total. The van der Waals surface area contributed by atoms with E-state index in [4.69, 9.17) is 4.74 Å². The summed E-state index contributed by atoms with van der Waals surface area (Å²) in [5, 5.41) is 2.73. The first-order valence-electron chi connectivity index (χ1n) is 15.8. The predicted molar refractivity (Wildman–Crippen MR) is 164 cm³/mol. The van der Waals surface area contributed by atoms with Crippen molar-refractivity contribution < 1.29 is 27.5 Å². The number of aromatic nitrogens is 3. The second-order valence-electron chi connectivity index (χ2n) is 12.1. The largest absolute Gasteiger partial charge is 0.437 e. The Kier molecular flexibility index (Phi) is 9.23. The molecule has 3 aromatic rings. The molecule has 3 aliphatic rings. The van der Waals surface area contributed by atoms with Crippen LogP contribution in [0, 0.1) is 0 Å². The number of piperazine rings is 1. The number of ether oxygens (including phenoxy) is 1. The van der Waals surface area contributed by atoms with E-state index < -0.39 is 11.7 Å². The lowest BCUT2D eigenvalue weighted by molar-refractivity contribution is -0.139.